The van der Waals surface area contributed by atoms with Crippen molar-refractivity contribution in [3.8, 4) is 11.3 Å². The number of hydrogen-bond donors (Lipinski definition) is 1. The molecule has 1 aliphatic carbocycles. The first-order chi connectivity index (χ1) is 11.7. The molecular formula is C20H15NO3. The van der Waals surface area contributed by atoms with Gasteiger partial charge in [0.2, 0.25) is 11.6 Å². The van der Waals surface area contributed by atoms with Gasteiger partial charge < -0.3 is 9.73 Å². The summed E-state index contributed by atoms with van der Waals surface area (Å²) in [7, 11) is 0. The summed E-state index contributed by atoms with van der Waals surface area (Å²) in [6.07, 6.45) is 0. The molecule has 0 radical (unpaired) electrons. The molecule has 0 fully saturated rings. The molecule has 0 atom stereocenters. The molecule has 4 nitrogen and oxygen atoms in total. The number of para-hydroxylation sites is 1. The third kappa shape index (κ3) is 2.15. The summed E-state index contributed by atoms with van der Waals surface area (Å²) in [4.78, 5) is 24.8. The number of furan rings is 1. The van der Waals surface area contributed by atoms with E-state index in [4.69, 9.17) is 4.42 Å². The van der Waals surface area contributed by atoms with Gasteiger partial charge in [0.15, 0.2) is 0 Å². The zero-order chi connectivity index (χ0) is 16.7. The van der Waals surface area contributed by atoms with Crippen LogP contribution in [-0.4, -0.2) is 11.6 Å². The van der Waals surface area contributed by atoms with Crippen LogP contribution in [0.25, 0.3) is 11.3 Å². The van der Waals surface area contributed by atoms with E-state index in [2.05, 4.69) is 5.32 Å². The lowest BCUT2D eigenvalue weighted by molar-refractivity contribution is 0.0814. The first-order valence-electron chi connectivity index (χ1n) is 7.76. The van der Waals surface area contributed by atoms with E-state index in [-0.39, 0.29) is 0 Å². The van der Waals surface area contributed by atoms with Gasteiger partial charge in [0.1, 0.15) is 11.5 Å². The fourth-order valence-electron chi connectivity index (χ4n) is 3.05. The molecule has 0 spiro atoms. The van der Waals surface area contributed by atoms with Crippen molar-refractivity contribution in [2.75, 3.05) is 5.32 Å². The normalized spacial score (nSPS) is 12.7. The number of Topliss-reactive ketones (excluding diaryl/α,β-unsaturated/α-hetero) is 2. The number of carbonyl (C=O) groups excluding carboxylic acids is 2. The highest BCUT2D eigenvalue weighted by molar-refractivity contribution is 6.53. The van der Waals surface area contributed by atoms with Gasteiger partial charge in [-0.3, -0.25) is 9.59 Å². The molecule has 4 rings (SSSR count). The molecule has 1 aliphatic rings. The summed E-state index contributed by atoms with van der Waals surface area (Å²) >= 11 is 0. The Bertz CT molecular complexity index is 954. The van der Waals surface area contributed by atoms with Crippen molar-refractivity contribution in [2.45, 2.75) is 13.5 Å². The molecule has 0 aliphatic heterocycles. The Morgan fingerprint density at radius 2 is 1.54 bits per heavy atom. The number of nitrogens with one attached hydrogen (secondary N) is 1. The topological polar surface area (TPSA) is 59.3 Å². The lowest BCUT2D eigenvalue weighted by Gasteiger charge is -2.12. The molecule has 1 aromatic heterocycles. The van der Waals surface area contributed by atoms with Gasteiger partial charge in [-0.05, 0) is 19.1 Å². The van der Waals surface area contributed by atoms with Crippen LogP contribution in [0, 0.1) is 6.92 Å². The van der Waals surface area contributed by atoms with Gasteiger partial charge in [0, 0.05) is 22.4 Å². The van der Waals surface area contributed by atoms with Crippen LogP contribution in [0.1, 0.15) is 32.0 Å². The number of rotatable bonds is 3. The van der Waals surface area contributed by atoms with Crippen LogP contribution in [0.15, 0.2) is 59.0 Å². The van der Waals surface area contributed by atoms with Crippen LogP contribution < -0.4 is 5.32 Å². The maximum Gasteiger partial charge on any atom is 0.237 e. The molecule has 1 N–H and O–H groups in total. The van der Waals surface area contributed by atoms with Crippen LogP contribution in [0.2, 0.25) is 0 Å². The average Bonchev–Trinajstić information content (AvgIpc) is 2.96. The van der Waals surface area contributed by atoms with Gasteiger partial charge >= 0.3 is 0 Å². The second kappa shape index (κ2) is 5.49. The molecule has 0 bridgehead atoms. The van der Waals surface area contributed by atoms with E-state index >= 15 is 0 Å². The predicted molar refractivity (Wildman–Crippen MR) is 91.3 cm³/mol. The molecule has 24 heavy (non-hydrogen) atoms. The molecule has 4 heteroatoms. The van der Waals surface area contributed by atoms with Crippen molar-refractivity contribution >= 4 is 17.3 Å². The smallest absolute Gasteiger partial charge is 0.237 e. The highest BCUT2D eigenvalue weighted by atomic mass is 16.3. The Morgan fingerprint density at radius 1 is 0.875 bits per heavy atom. The molecule has 1 heterocycles. The minimum atomic E-state index is -0.490. The van der Waals surface area contributed by atoms with E-state index in [9.17, 15) is 9.59 Å². The van der Waals surface area contributed by atoms with Crippen molar-refractivity contribution in [3.63, 3.8) is 0 Å². The molecule has 0 saturated carbocycles. The minimum Gasteiger partial charge on any atom is -0.458 e. The van der Waals surface area contributed by atoms with Gasteiger partial charge in [0.05, 0.1) is 12.1 Å². The van der Waals surface area contributed by atoms with E-state index in [1.807, 2.05) is 49.4 Å². The standard InChI is InChI=1S/C20H15NO3/c1-12-16(11-21-13-7-3-2-4-8-13)24-20-15-10-6-5-9-14(15)18(22)19(23)17(12)20/h2-10,21H,11H2,1H3. The molecule has 0 amide bonds. The van der Waals surface area contributed by atoms with Crippen LogP contribution >= 0.6 is 0 Å². The molecule has 3 aromatic rings. The van der Waals surface area contributed by atoms with Gasteiger partial charge in [-0.15, -0.1) is 0 Å². The first-order valence-corrected chi connectivity index (χ1v) is 7.76. The number of fused-ring (bicyclic) bond motifs is 3. The monoisotopic (exact) mass is 317 g/mol. The van der Waals surface area contributed by atoms with Crippen LogP contribution in [-0.2, 0) is 6.54 Å². The lowest BCUT2D eigenvalue weighted by atomic mass is 9.87. The molecule has 0 unspecified atom stereocenters. The van der Waals surface area contributed by atoms with Crippen molar-refractivity contribution < 1.29 is 14.0 Å². The summed E-state index contributed by atoms with van der Waals surface area (Å²) in [6.45, 7) is 2.27. The van der Waals surface area contributed by atoms with Gasteiger partial charge in [0.25, 0.3) is 0 Å². The second-order valence-electron chi connectivity index (χ2n) is 5.78. The molecule has 118 valence electrons. The Kier molecular flexibility index (Phi) is 3.31. The maximum atomic E-state index is 12.5. The van der Waals surface area contributed by atoms with Crippen LogP contribution in [0.4, 0.5) is 5.69 Å². The van der Waals surface area contributed by atoms with E-state index in [1.165, 1.54) is 0 Å². The number of carbonyl (C=O) groups is 2. The summed E-state index contributed by atoms with van der Waals surface area (Å²) in [5.41, 5.74) is 3.18. The highest BCUT2D eigenvalue weighted by Crippen LogP contribution is 2.38. The maximum absolute atomic E-state index is 12.5. The summed E-state index contributed by atoms with van der Waals surface area (Å²) in [5, 5.41) is 3.27. The number of hydrogen-bond acceptors (Lipinski definition) is 4. The third-order valence-electron chi connectivity index (χ3n) is 4.32. The Balaban J connectivity index is 1.75. The minimum absolute atomic E-state index is 0.392. The van der Waals surface area contributed by atoms with Crippen molar-refractivity contribution in [3.05, 3.63) is 77.0 Å². The third-order valence-corrected chi connectivity index (χ3v) is 4.32. The fraction of sp³-hybridized carbons (Fsp3) is 0.100. The quantitative estimate of drug-likeness (QED) is 0.734. The van der Waals surface area contributed by atoms with E-state index in [1.54, 1.807) is 12.1 Å². The molecular weight excluding hydrogens is 302 g/mol. The van der Waals surface area contributed by atoms with Gasteiger partial charge in [-0.25, -0.2) is 0 Å². The molecule has 0 saturated heterocycles. The Morgan fingerprint density at radius 3 is 2.29 bits per heavy atom. The summed E-state index contributed by atoms with van der Waals surface area (Å²) < 4.78 is 5.97. The van der Waals surface area contributed by atoms with E-state index in [0.717, 1.165) is 11.3 Å². The molecule has 2 aromatic carbocycles. The summed E-state index contributed by atoms with van der Waals surface area (Å²) in [6, 6.07) is 16.8. The van der Waals surface area contributed by atoms with Crippen molar-refractivity contribution in [2.24, 2.45) is 0 Å². The average molecular weight is 317 g/mol. The van der Waals surface area contributed by atoms with Crippen LogP contribution in [0.5, 0.6) is 0 Å². The number of benzene rings is 2. The van der Waals surface area contributed by atoms with E-state index in [0.29, 0.717) is 34.8 Å². The van der Waals surface area contributed by atoms with Crippen LogP contribution in [0.3, 0.4) is 0 Å². The van der Waals surface area contributed by atoms with Crippen molar-refractivity contribution in [1.82, 2.24) is 0 Å². The number of anilines is 1. The zero-order valence-electron chi connectivity index (χ0n) is 13.1. The summed E-state index contributed by atoms with van der Waals surface area (Å²) in [5.74, 6) is 0.208. The predicted octanol–water partition coefficient (Wildman–Crippen LogP) is 4.25. The van der Waals surface area contributed by atoms with E-state index < -0.39 is 11.6 Å². The van der Waals surface area contributed by atoms with Gasteiger partial charge in [-0.1, -0.05) is 42.5 Å². The lowest BCUT2D eigenvalue weighted by Crippen LogP contribution is -2.20. The highest BCUT2D eigenvalue weighted by Gasteiger charge is 2.35. The SMILES string of the molecule is Cc1c(CNc2ccccc2)oc2c1C(=O)C(=O)c1ccccc1-2. The fourth-order valence-corrected chi connectivity index (χ4v) is 3.05. The Labute approximate surface area is 139 Å². The number of ketones is 2. The zero-order valence-corrected chi connectivity index (χ0v) is 13.1. The Hall–Kier alpha value is -3.14. The largest absolute Gasteiger partial charge is 0.458 e. The van der Waals surface area contributed by atoms with Crippen molar-refractivity contribution in [1.29, 1.82) is 0 Å². The van der Waals surface area contributed by atoms with Gasteiger partial charge in [-0.2, -0.15) is 0 Å². The second-order valence-corrected chi connectivity index (χ2v) is 5.78. The first kappa shape index (κ1) is 14.5.